The second-order valence-corrected chi connectivity index (χ2v) is 7.83. The second kappa shape index (κ2) is 8.05. The Kier molecular flexibility index (Phi) is 5.33. The summed E-state index contributed by atoms with van der Waals surface area (Å²) in [6, 6.07) is 16.0. The fourth-order valence-electron chi connectivity index (χ4n) is 3.85. The van der Waals surface area contributed by atoms with Crippen molar-refractivity contribution in [3.05, 3.63) is 59.7 Å². The van der Waals surface area contributed by atoms with Crippen molar-refractivity contribution in [1.29, 1.82) is 0 Å². The number of benzene rings is 2. The largest absolute Gasteiger partial charge is 0.324 e. The lowest BCUT2D eigenvalue weighted by molar-refractivity contribution is -0.122. The maximum absolute atomic E-state index is 13.2. The van der Waals surface area contributed by atoms with Gasteiger partial charge in [-0.3, -0.25) is 9.69 Å². The van der Waals surface area contributed by atoms with Crippen LogP contribution in [0.3, 0.4) is 0 Å². The molecule has 1 saturated carbocycles. The van der Waals surface area contributed by atoms with Crippen LogP contribution in [0.4, 0.5) is 16.2 Å². The molecular weight excluding hydrogens is 350 g/mol. The third kappa shape index (κ3) is 3.88. The molecule has 1 aliphatic carbocycles. The Labute approximate surface area is 166 Å². The molecule has 3 amide bonds. The molecule has 0 unspecified atom stereocenters. The number of aryl methyl sites for hydroxylation is 1. The van der Waals surface area contributed by atoms with Gasteiger partial charge in [-0.1, -0.05) is 42.8 Å². The first kappa shape index (κ1) is 18.5. The van der Waals surface area contributed by atoms with E-state index in [1.54, 1.807) is 0 Å². The number of carbonyl (C=O) groups excluding carboxylic acids is 2. The summed E-state index contributed by atoms with van der Waals surface area (Å²) in [6.45, 7) is 4.02. The Hall–Kier alpha value is -2.82. The van der Waals surface area contributed by atoms with Crippen molar-refractivity contribution in [2.45, 2.75) is 39.2 Å². The van der Waals surface area contributed by atoms with Gasteiger partial charge in [0, 0.05) is 25.6 Å². The van der Waals surface area contributed by atoms with E-state index in [2.05, 4.69) is 5.32 Å². The topological polar surface area (TPSA) is 52.6 Å². The minimum Gasteiger partial charge on any atom is -0.324 e. The maximum atomic E-state index is 13.2. The Morgan fingerprint density at radius 2 is 1.86 bits per heavy atom. The van der Waals surface area contributed by atoms with Gasteiger partial charge < -0.3 is 10.2 Å². The summed E-state index contributed by atoms with van der Waals surface area (Å²) in [5, 5.41) is 3.08. The first-order chi connectivity index (χ1) is 13.6. The summed E-state index contributed by atoms with van der Waals surface area (Å²) < 4.78 is 0. The summed E-state index contributed by atoms with van der Waals surface area (Å²) in [7, 11) is 0. The molecule has 2 aromatic rings. The van der Waals surface area contributed by atoms with Gasteiger partial charge in [-0.2, -0.15) is 0 Å². The first-order valence-corrected chi connectivity index (χ1v) is 10.1. The number of amides is 3. The van der Waals surface area contributed by atoms with Gasteiger partial charge in [-0.25, -0.2) is 4.79 Å². The Balaban J connectivity index is 1.55. The van der Waals surface area contributed by atoms with Gasteiger partial charge in [-0.05, 0) is 49.4 Å². The fraction of sp³-hybridized carbons (Fsp3) is 0.391. The Morgan fingerprint density at radius 3 is 2.57 bits per heavy atom. The van der Waals surface area contributed by atoms with Gasteiger partial charge in [0.1, 0.15) is 0 Å². The third-order valence-corrected chi connectivity index (χ3v) is 5.70. The number of rotatable bonds is 5. The predicted molar refractivity (Wildman–Crippen MR) is 111 cm³/mol. The molecule has 1 saturated heterocycles. The minimum atomic E-state index is -0.00176. The SMILES string of the molecule is Cc1ccc(N2CCCN(Cc3ccccc3)C2=O)c(NC(=O)C2CCC2)c1. The summed E-state index contributed by atoms with van der Waals surface area (Å²) >= 11 is 0. The summed E-state index contributed by atoms with van der Waals surface area (Å²) in [4.78, 5) is 29.4. The van der Waals surface area contributed by atoms with Crippen molar-refractivity contribution in [2.75, 3.05) is 23.3 Å². The highest BCUT2D eigenvalue weighted by atomic mass is 16.2. The van der Waals surface area contributed by atoms with Crippen molar-refractivity contribution in [3.8, 4) is 0 Å². The monoisotopic (exact) mass is 377 g/mol. The molecule has 5 nitrogen and oxygen atoms in total. The van der Waals surface area contributed by atoms with Gasteiger partial charge in [0.25, 0.3) is 0 Å². The number of hydrogen-bond donors (Lipinski definition) is 1. The average Bonchev–Trinajstić information content (AvgIpc) is 2.63. The van der Waals surface area contributed by atoms with E-state index in [9.17, 15) is 9.59 Å². The molecule has 1 heterocycles. The van der Waals surface area contributed by atoms with Crippen molar-refractivity contribution < 1.29 is 9.59 Å². The molecule has 28 heavy (non-hydrogen) atoms. The van der Waals surface area contributed by atoms with E-state index in [1.165, 1.54) is 0 Å². The van der Waals surface area contributed by atoms with Gasteiger partial charge in [0.15, 0.2) is 0 Å². The highest BCUT2D eigenvalue weighted by Crippen LogP contribution is 2.33. The minimum absolute atomic E-state index is 0.00176. The molecule has 0 bridgehead atoms. The molecule has 2 aromatic carbocycles. The summed E-state index contributed by atoms with van der Waals surface area (Å²) in [5.74, 6) is 0.184. The van der Waals surface area contributed by atoms with Crippen LogP contribution in [-0.2, 0) is 11.3 Å². The van der Waals surface area contributed by atoms with E-state index >= 15 is 0 Å². The van der Waals surface area contributed by atoms with Crippen LogP contribution >= 0.6 is 0 Å². The smallest absolute Gasteiger partial charge is 0.324 e. The molecule has 0 aromatic heterocycles. The van der Waals surface area contributed by atoms with Crippen LogP contribution in [0, 0.1) is 12.8 Å². The van der Waals surface area contributed by atoms with Gasteiger partial charge in [0.05, 0.1) is 11.4 Å². The number of anilines is 2. The molecule has 2 aliphatic rings. The standard InChI is InChI=1S/C23H27N3O2/c1-17-11-12-21(20(15-17)24-22(27)19-9-5-10-19)26-14-6-13-25(23(26)28)16-18-7-3-2-4-8-18/h2-4,7-8,11-12,15,19H,5-6,9-10,13-14,16H2,1H3,(H,24,27). The zero-order chi connectivity index (χ0) is 19.5. The van der Waals surface area contributed by atoms with Crippen molar-refractivity contribution >= 4 is 23.3 Å². The lowest BCUT2D eigenvalue weighted by Gasteiger charge is -2.37. The fourth-order valence-corrected chi connectivity index (χ4v) is 3.85. The van der Waals surface area contributed by atoms with E-state index < -0.39 is 0 Å². The molecule has 1 aliphatic heterocycles. The van der Waals surface area contributed by atoms with Crippen LogP contribution in [0.15, 0.2) is 48.5 Å². The summed E-state index contributed by atoms with van der Waals surface area (Å²) in [6.07, 6.45) is 3.95. The first-order valence-electron chi connectivity index (χ1n) is 10.1. The lowest BCUT2D eigenvalue weighted by Crippen LogP contribution is -2.49. The molecule has 146 valence electrons. The zero-order valence-electron chi connectivity index (χ0n) is 16.4. The van der Waals surface area contributed by atoms with E-state index in [0.717, 1.165) is 54.7 Å². The van der Waals surface area contributed by atoms with Crippen LogP contribution < -0.4 is 10.2 Å². The van der Waals surface area contributed by atoms with Crippen LogP contribution in [0.2, 0.25) is 0 Å². The average molecular weight is 377 g/mol. The maximum Gasteiger partial charge on any atom is 0.324 e. The number of nitrogens with zero attached hydrogens (tertiary/aromatic N) is 2. The molecule has 2 fully saturated rings. The van der Waals surface area contributed by atoms with Gasteiger partial charge in [-0.15, -0.1) is 0 Å². The molecule has 0 atom stereocenters. The number of carbonyl (C=O) groups is 2. The third-order valence-electron chi connectivity index (χ3n) is 5.70. The van der Waals surface area contributed by atoms with Crippen molar-refractivity contribution in [3.63, 3.8) is 0 Å². The van der Waals surface area contributed by atoms with E-state index in [1.807, 2.05) is 65.3 Å². The zero-order valence-corrected chi connectivity index (χ0v) is 16.4. The van der Waals surface area contributed by atoms with Crippen LogP contribution in [0.1, 0.15) is 36.8 Å². The number of nitrogens with one attached hydrogen (secondary N) is 1. The molecular formula is C23H27N3O2. The lowest BCUT2D eigenvalue weighted by atomic mass is 9.85. The van der Waals surface area contributed by atoms with Crippen molar-refractivity contribution in [1.82, 2.24) is 4.90 Å². The molecule has 5 heteroatoms. The van der Waals surface area contributed by atoms with Gasteiger partial charge >= 0.3 is 6.03 Å². The molecule has 0 spiro atoms. The van der Waals surface area contributed by atoms with Crippen molar-refractivity contribution in [2.24, 2.45) is 5.92 Å². The quantitative estimate of drug-likeness (QED) is 0.830. The predicted octanol–water partition coefficient (Wildman–Crippen LogP) is 4.57. The van der Waals surface area contributed by atoms with Crippen LogP contribution in [-0.4, -0.2) is 29.9 Å². The molecule has 1 N–H and O–H groups in total. The van der Waals surface area contributed by atoms with E-state index in [0.29, 0.717) is 13.1 Å². The molecule has 0 radical (unpaired) electrons. The van der Waals surface area contributed by atoms with E-state index in [4.69, 9.17) is 0 Å². The van der Waals surface area contributed by atoms with Crippen LogP contribution in [0.25, 0.3) is 0 Å². The number of hydrogen-bond acceptors (Lipinski definition) is 2. The van der Waals surface area contributed by atoms with Gasteiger partial charge in [0.2, 0.25) is 5.91 Å². The number of urea groups is 1. The normalized spacial score (nSPS) is 17.4. The molecule has 4 rings (SSSR count). The van der Waals surface area contributed by atoms with Crippen LogP contribution in [0.5, 0.6) is 0 Å². The Bertz CT molecular complexity index is 861. The summed E-state index contributed by atoms with van der Waals surface area (Å²) in [5.41, 5.74) is 3.73. The Morgan fingerprint density at radius 1 is 1.07 bits per heavy atom. The highest BCUT2D eigenvalue weighted by Gasteiger charge is 2.30. The second-order valence-electron chi connectivity index (χ2n) is 7.83. The van der Waals surface area contributed by atoms with E-state index in [-0.39, 0.29) is 17.9 Å². The highest BCUT2D eigenvalue weighted by molar-refractivity contribution is 6.01.